The summed E-state index contributed by atoms with van der Waals surface area (Å²) in [7, 11) is 0. The number of aliphatic carboxylic acids is 1. The second-order valence-corrected chi connectivity index (χ2v) is 13.5. The van der Waals surface area contributed by atoms with Gasteiger partial charge >= 0.3 is 5.97 Å². The molecule has 5 rings (SSSR count). The van der Waals surface area contributed by atoms with Crippen LogP contribution in [0.5, 0.6) is 11.5 Å². The maximum absolute atomic E-state index is 13.1. The van der Waals surface area contributed by atoms with E-state index in [1.54, 1.807) is 45.0 Å². The van der Waals surface area contributed by atoms with E-state index in [1.807, 2.05) is 54.6 Å². The van der Waals surface area contributed by atoms with Gasteiger partial charge in [-0.2, -0.15) is 5.06 Å². The Morgan fingerprint density at radius 3 is 2.27 bits per heavy atom. The van der Waals surface area contributed by atoms with Crippen LogP contribution in [0.15, 0.2) is 83.5 Å². The number of hydroxylamine groups is 2. The zero-order valence-corrected chi connectivity index (χ0v) is 30.1. The molecule has 0 radical (unpaired) electrons. The molecular weight excluding hydrogens is 715 g/mol. The minimum Gasteiger partial charge on any atom is -0.488 e. The van der Waals surface area contributed by atoms with Crippen molar-refractivity contribution in [1.82, 2.24) is 20.7 Å². The number of rotatable bonds is 16. The van der Waals surface area contributed by atoms with Crippen LogP contribution in [0.3, 0.4) is 0 Å². The number of halogens is 2. The van der Waals surface area contributed by atoms with E-state index in [1.165, 1.54) is 5.06 Å². The first-order chi connectivity index (χ1) is 24.9. The molecule has 1 amide bonds. The zero-order chi connectivity index (χ0) is 37.4. The lowest BCUT2D eigenvalue weighted by Gasteiger charge is -2.39. The van der Waals surface area contributed by atoms with E-state index in [0.717, 1.165) is 22.3 Å². The lowest BCUT2D eigenvalue weighted by atomic mass is 10.0. The molecule has 274 valence electrons. The van der Waals surface area contributed by atoms with Crippen LogP contribution in [0.25, 0.3) is 22.2 Å². The van der Waals surface area contributed by atoms with Crippen LogP contribution in [0, 0.1) is 0 Å². The van der Waals surface area contributed by atoms with Crippen LogP contribution in [-0.2, 0) is 34.2 Å². The molecule has 0 bridgehead atoms. The standard InChI is InChI=1S/C37H38Cl2N4O9/c1-37(2,3)43(31(18-45)35(46)40-30(17-44)36(47)48)51-21-25-15-27(38)33(16-32(25)49-19-22-12-13-28-29(14-22)42-52-41-28)50-20-24-10-7-11-26(34(24)39)23-8-5-4-6-9-23/h4-16,30-31,44-45H,17-21H2,1-3H3,(H,40,46)(H,47,48)/t30-,31-/m1/s1. The monoisotopic (exact) mass is 752 g/mol. The van der Waals surface area contributed by atoms with Gasteiger partial charge in [-0.3, -0.25) is 9.63 Å². The molecule has 0 saturated heterocycles. The molecule has 0 saturated carbocycles. The highest BCUT2D eigenvalue weighted by Crippen LogP contribution is 2.37. The number of ether oxygens (including phenoxy) is 2. The number of aromatic nitrogens is 2. The molecule has 0 aliphatic rings. The number of aliphatic hydroxyl groups excluding tert-OH is 2. The molecule has 0 unspecified atom stereocenters. The number of carbonyl (C=O) groups excluding carboxylic acids is 1. The molecular formula is C37H38Cl2N4O9. The van der Waals surface area contributed by atoms with Crippen molar-refractivity contribution >= 4 is 46.1 Å². The van der Waals surface area contributed by atoms with Crippen LogP contribution >= 0.6 is 23.2 Å². The second kappa shape index (κ2) is 17.2. The molecule has 15 heteroatoms. The Balaban J connectivity index is 1.41. The molecule has 0 fully saturated rings. The molecule has 0 spiro atoms. The Bertz CT molecular complexity index is 2000. The minimum absolute atomic E-state index is 0.0978. The van der Waals surface area contributed by atoms with Crippen LogP contribution in [0.2, 0.25) is 10.0 Å². The van der Waals surface area contributed by atoms with Gasteiger partial charge < -0.3 is 30.1 Å². The highest BCUT2D eigenvalue weighted by molar-refractivity contribution is 6.34. The first-order valence-corrected chi connectivity index (χ1v) is 16.9. The van der Waals surface area contributed by atoms with Gasteiger partial charge in [0.2, 0.25) is 5.91 Å². The van der Waals surface area contributed by atoms with E-state index in [-0.39, 0.29) is 24.8 Å². The summed E-state index contributed by atoms with van der Waals surface area (Å²) < 4.78 is 17.3. The summed E-state index contributed by atoms with van der Waals surface area (Å²) in [5.74, 6) is -1.64. The summed E-state index contributed by atoms with van der Waals surface area (Å²) in [6.07, 6.45) is 0. The maximum atomic E-state index is 13.1. The molecule has 1 aromatic heterocycles. The summed E-state index contributed by atoms with van der Waals surface area (Å²) in [6.45, 7) is 3.70. The first kappa shape index (κ1) is 38.5. The molecule has 4 N–H and O–H groups in total. The van der Waals surface area contributed by atoms with Crippen LogP contribution in [0.4, 0.5) is 0 Å². The Labute approximate surface area is 309 Å². The predicted molar refractivity (Wildman–Crippen MR) is 193 cm³/mol. The molecule has 13 nitrogen and oxygen atoms in total. The van der Waals surface area contributed by atoms with Crippen molar-refractivity contribution in [3.8, 4) is 22.6 Å². The third-order valence-corrected chi connectivity index (χ3v) is 8.69. The number of benzene rings is 4. The summed E-state index contributed by atoms with van der Waals surface area (Å²) in [6, 6.07) is 21.1. The van der Waals surface area contributed by atoms with Crippen LogP contribution < -0.4 is 14.8 Å². The summed E-state index contributed by atoms with van der Waals surface area (Å²) >= 11 is 13.6. The van der Waals surface area contributed by atoms with Gasteiger partial charge in [-0.25, -0.2) is 9.42 Å². The van der Waals surface area contributed by atoms with E-state index in [4.69, 9.17) is 42.1 Å². The maximum Gasteiger partial charge on any atom is 0.328 e. The lowest BCUT2D eigenvalue weighted by molar-refractivity contribution is -0.246. The number of carboxylic acid groups (broad SMARTS) is 1. The minimum atomic E-state index is -1.57. The van der Waals surface area contributed by atoms with E-state index in [9.17, 15) is 24.9 Å². The average Bonchev–Trinajstić information content (AvgIpc) is 3.59. The number of hydrogen-bond acceptors (Lipinski definition) is 11. The Hall–Kier alpha value is -4.76. The van der Waals surface area contributed by atoms with Gasteiger partial charge in [0.1, 0.15) is 47.8 Å². The molecule has 0 aliphatic carbocycles. The molecule has 2 atom stereocenters. The summed E-state index contributed by atoms with van der Waals surface area (Å²) in [4.78, 5) is 30.7. The van der Waals surface area contributed by atoms with E-state index in [2.05, 4.69) is 15.6 Å². The fourth-order valence-corrected chi connectivity index (χ4v) is 5.84. The van der Waals surface area contributed by atoms with Crippen molar-refractivity contribution in [1.29, 1.82) is 0 Å². The third-order valence-electron chi connectivity index (χ3n) is 7.95. The van der Waals surface area contributed by atoms with E-state index >= 15 is 0 Å². The fraction of sp³-hybridized carbons (Fsp3) is 0.297. The topological polar surface area (TPSA) is 177 Å². The van der Waals surface area contributed by atoms with Crippen LogP contribution in [-0.4, -0.2) is 73.4 Å². The zero-order valence-electron chi connectivity index (χ0n) is 28.6. The highest BCUT2D eigenvalue weighted by atomic mass is 35.5. The van der Waals surface area contributed by atoms with Gasteiger partial charge in [-0.05, 0) is 60.4 Å². The van der Waals surface area contributed by atoms with Crippen molar-refractivity contribution in [2.45, 2.75) is 58.2 Å². The number of nitrogens with one attached hydrogen (secondary N) is 1. The Morgan fingerprint density at radius 1 is 0.846 bits per heavy atom. The van der Waals surface area contributed by atoms with Crippen molar-refractivity contribution < 1.29 is 43.8 Å². The van der Waals surface area contributed by atoms with Gasteiger partial charge in [-0.1, -0.05) is 77.8 Å². The smallest absolute Gasteiger partial charge is 0.328 e. The Morgan fingerprint density at radius 2 is 1.58 bits per heavy atom. The van der Waals surface area contributed by atoms with Gasteiger partial charge in [0.15, 0.2) is 0 Å². The molecule has 0 aliphatic heterocycles. The van der Waals surface area contributed by atoms with Crippen molar-refractivity contribution in [3.63, 3.8) is 0 Å². The normalized spacial score (nSPS) is 12.8. The van der Waals surface area contributed by atoms with Crippen molar-refractivity contribution in [3.05, 3.63) is 106 Å². The quantitative estimate of drug-likeness (QED) is 0.0892. The number of amides is 1. The molecule has 1 heterocycles. The van der Waals surface area contributed by atoms with E-state index < -0.39 is 42.7 Å². The van der Waals surface area contributed by atoms with Crippen LogP contribution in [0.1, 0.15) is 37.5 Å². The van der Waals surface area contributed by atoms with E-state index in [0.29, 0.717) is 33.1 Å². The molecule has 5 aromatic rings. The first-order valence-electron chi connectivity index (χ1n) is 16.2. The summed E-state index contributed by atoms with van der Waals surface area (Å²) in [5, 5.41) is 41.0. The van der Waals surface area contributed by atoms with Gasteiger partial charge in [0, 0.05) is 28.3 Å². The SMILES string of the molecule is CC(C)(C)N(OCc1cc(Cl)c(OCc2cccc(-c3ccccc3)c2Cl)cc1OCc1ccc2nonc2c1)[C@H](CO)C(=O)N[C@H](CO)C(=O)O. The van der Waals surface area contributed by atoms with Gasteiger partial charge in [0.25, 0.3) is 0 Å². The Kier molecular flexibility index (Phi) is 12.7. The lowest BCUT2D eigenvalue weighted by Crippen LogP contribution is -2.58. The third kappa shape index (κ3) is 9.36. The number of carbonyl (C=O) groups is 2. The van der Waals surface area contributed by atoms with Crippen molar-refractivity contribution in [2.24, 2.45) is 0 Å². The summed E-state index contributed by atoms with van der Waals surface area (Å²) in [5.41, 5.74) is 4.08. The average molecular weight is 754 g/mol. The predicted octanol–water partition coefficient (Wildman–Crippen LogP) is 5.81. The second-order valence-electron chi connectivity index (χ2n) is 12.8. The molecule has 52 heavy (non-hydrogen) atoms. The number of hydrogen-bond donors (Lipinski definition) is 4. The van der Waals surface area contributed by atoms with Gasteiger partial charge in [-0.15, -0.1) is 0 Å². The van der Waals surface area contributed by atoms with Gasteiger partial charge in [0.05, 0.1) is 29.9 Å². The fourth-order valence-electron chi connectivity index (χ4n) is 5.31. The van der Waals surface area contributed by atoms with Crippen molar-refractivity contribution in [2.75, 3.05) is 13.2 Å². The number of fused-ring (bicyclic) bond motifs is 1. The largest absolute Gasteiger partial charge is 0.488 e. The number of nitrogens with zero attached hydrogens (tertiary/aromatic N) is 3. The highest BCUT2D eigenvalue weighted by Gasteiger charge is 2.36. The number of carboxylic acids is 1. The molecule has 4 aromatic carbocycles. The number of aliphatic hydroxyl groups is 2.